The first-order valence-electron chi connectivity index (χ1n) is 16.4. The molecule has 2 aliphatic rings. The van der Waals surface area contributed by atoms with Crippen LogP contribution in [0.1, 0.15) is 94.4 Å². The number of hydrogen-bond donors (Lipinski definition) is 3. The molecule has 0 spiro atoms. The number of nitrogens with one attached hydrogen (secondary N) is 3. The summed E-state index contributed by atoms with van der Waals surface area (Å²) in [5.41, 5.74) is 0.872. The maximum atomic E-state index is 15.6. The maximum Gasteiger partial charge on any atom is 0.276 e. The summed E-state index contributed by atoms with van der Waals surface area (Å²) in [6.07, 6.45) is 3.94. The Hall–Kier alpha value is -3.87. The number of aryl methyl sites for hydroxylation is 1. The average Bonchev–Trinajstić information content (AvgIpc) is 3.52. The number of carbonyl (C=O) groups is 4. The van der Waals surface area contributed by atoms with Gasteiger partial charge in [-0.15, -0.1) is 0 Å². The van der Waals surface area contributed by atoms with E-state index in [9.17, 15) is 19.2 Å². The number of nitrogens with zero attached hydrogens (tertiary/aromatic N) is 4. The molecule has 4 rings (SSSR count). The molecule has 1 saturated heterocycles. The SMILES string of the molecule is CCC(=O)N[C@@H](C(=O)N1CCN(C)C[C@@H]1C)[C@@H](C)c1ccc(NC(=O)[C@@H](NC(=O)c2nonc2CC)[C@H]2CC[C@H](C)CC2)c(F)c1. The Balaban J connectivity index is 1.53. The minimum Gasteiger partial charge on any atom is -0.344 e. The molecule has 46 heavy (non-hydrogen) atoms. The molecule has 0 bridgehead atoms. The van der Waals surface area contributed by atoms with Gasteiger partial charge in [0.25, 0.3) is 5.91 Å². The van der Waals surface area contributed by atoms with Gasteiger partial charge >= 0.3 is 0 Å². The molecule has 4 atom stereocenters. The standard InChI is InChI=1S/C33H48FN7O5/c1-7-25-30(39-46-38-25)32(44)37-29(22-11-9-19(3)10-12-22)31(43)35-26-14-13-23(17-24(26)34)21(5)28(36-27(42)8-2)33(45)41-16-15-40(6)18-20(41)4/h13-14,17,19-22,28-29H,7-12,15-16,18H2,1-6H3,(H,35,43)(H,36,42)(H,37,44)/t19-,20-,21-,22-,28+,29-/m0/s1. The normalized spacial score (nSPS) is 22.4. The minimum atomic E-state index is -0.920. The predicted octanol–water partition coefficient (Wildman–Crippen LogP) is 3.50. The van der Waals surface area contributed by atoms with Gasteiger partial charge in [-0.25, -0.2) is 9.02 Å². The van der Waals surface area contributed by atoms with Gasteiger partial charge in [0.05, 0.1) is 5.69 Å². The maximum absolute atomic E-state index is 15.6. The van der Waals surface area contributed by atoms with E-state index in [1.807, 2.05) is 20.9 Å². The van der Waals surface area contributed by atoms with E-state index in [1.54, 1.807) is 24.8 Å². The lowest BCUT2D eigenvalue weighted by Gasteiger charge is -2.41. The molecule has 4 amide bonds. The third-order valence-electron chi connectivity index (χ3n) is 9.50. The van der Waals surface area contributed by atoms with Crippen LogP contribution in [0.25, 0.3) is 0 Å². The van der Waals surface area contributed by atoms with Gasteiger partial charge in [0.15, 0.2) is 5.69 Å². The van der Waals surface area contributed by atoms with Gasteiger partial charge < -0.3 is 25.8 Å². The van der Waals surface area contributed by atoms with E-state index in [1.165, 1.54) is 12.1 Å². The molecule has 252 valence electrons. The van der Waals surface area contributed by atoms with E-state index in [-0.39, 0.29) is 41.6 Å². The zero-order chi connectivity index (χ0) is 33.5. The van der Waals surface area contributed by atoms with Crippen molar-refractivity contribution in [1.82, 2.24) is 30.7 Å². The Morgan fingerprint density at radius 1 is 1.04 bits per heavy atom. The zero-order valence-corrected chi connectivity index (χ0v) is 27.8. The second-order valence-corrected chi connectivity index (χ2v) is 12.9. The summed E-state index contributed by atoms with van der Waals surface area (Å²) < 4.78 is 20.4. The van der Waals surface area contributed by atoms with E-state index < -0.39 is 35.6 Å². The third kappa shape index (κ3) is 8.28. The van der Waals surface area contributed by atoms with Crippen molar-refractivity contribution in [3.8, 4) is 0 Å². The Kier molecular flexibility index (Phi) is 11.9. The van der Waals surface area contributed by atoms with Crippen LogP contribution in [-0.4, -0.2) is 88.5 Å². The average molecular weight is 642 g/mol. The molecule has 3 N–H and O–H groups in total. The highest BCUT2D eigenvalue weighted by Crippen LogP contribution is 2.32. The van der Waals surface area contributed by atoms with Crippen LogP contribution in [0, 0.1) is 17.7 Å². The van der Waals surface area contributed by atoms with Crippen LogP contribution in [0.4, 0.5) is 10.1 Å². The molecule has 0 radical (unpaired) electrons. The van der Waals surface area contributed by atoms with Crippen molar-refractivity contribution in [1.29, 1.82) is 0 Å². The summed E-state index contributed by atoms with van der Waals surface area (Å²) >= 11 is 0. The smallest absolute Gasteiger partial charge is 0.276 e. The molecular formula is C33H48FN7O5. The molecule has 1 aliphatic heterocycles. The Morgan fingerprint density at radius 2 is 1.76 bits per heavy atom. The fraction of sp³-hybridized carbons (Fsp3) is 0.636. The topological polar surface area (TPSA) is 150 Å². The predicted molar refractivity (Wildman–Crippen MR) is 170 cm³/mol. The second-order valence-electron chi connectivity index (χ2n) is 12.9. The van der Waals surface area contributed by atoms with E-state index in [0.717, 1.165) is 32.2 Å². The van der Waals surface area contributed by atoms with Gasteiger partial charge in [0, 0.05) is 38.0 Å². The highest BCUT2D eigenvalue weighted by molar-refractivity contribution is 6.01. The first-order chi connectivity index (χ1) is 21.9. The Labute approximate surface area is 270 Å². The lowest BCUT2D eigenvalue weighted by Crippen LogP contribution is -2.59. The van der Waals surface area contributed by atoms with Crippen LogP contribution < -0.4 is 16.0 Å². The molecule has 1 aromatic carbocycles. The number of halogens is 1. The summed E-state index contributed by atoms with van der Waals surface area (Å²) in [5.74, 6) is -2.43. The zero-order valence-electron chi connectivity index (χ0n) is 27.8. The number of piperazine rings is 1. The molecule has 2 fully saturated rings. The van der Waals surface area contributed by atoms with Gasteiger partial charge in [-0.1, -0.05) is 51.8 Å². The number of rotatable bonds is 11. The molecule has 1 saturated carbocycles. The number of amides is 4. The third-order valence-corrected chi connectivity index (χ3v) is 9.50. The first kappa shape index (κ1) is 35.0. The van der Waals surface area contributed by atoms with Crippen LogP contribution in [0.5, 0.6) is 0 Å². The molecule has 1 aromatic heterocycles. The van der Waals surface area contributed by atoms with E-state index in [2.05, 4.69) is 38.1 Å². The Morgan fingerprint density at radius 3 is 2.39 bits per heavy atom. The molecule has 1 aliphatic carbocycles. The highest BCUT2D eigenvalue weighted by atomic mass is 19.1. The number of aromatic nitrogens is 2. The molecule has 13 heteroatoms. The van der Waals surface area contributed by atoms with Gasteiger partial charge in [0.2, 0.25) is 17.7 Å². The molecule has 2 heterocycles. The summed E-state index contributed by atoms with van der Waals surface area (Å²) in [5, 5.41) is 15.8. The fourth-order valence-electron chi connectivity index (χ4n) is 6.48. The number of likely N-dealkylation sites (N-methyl/N-ethyl adjacent to an activating group) is 1. The molecule has 2 aromatic rings. The second kappa shape index (κ2) is 15.6. The van der Waals surface area contributed by atoms with E-state index in [0.29, 0.717) is 36.7 Å². The van der Waals surface area contributed by atoms with Crippen LogP contribution in [0.2, 0.25) is 0 Å². The van der Waals surface area contributed by atoms with Crippen molar-refractivity contribution in [2.75, 3.05) is 32.0 Å². The molecule has 12 nitrogen and oxygen atoms in total. The van der Waals surface area contributed by atoms with E-state index in [4.69, 9.17) is 4.63 Å². The van der Waals surface area contributed by atoms with Crippen LogP contribution >= 0.6 is 0 Å². The lowest BCUT2D eigenvalue weighted by atomic mass is 9.79. The highest BCUT2D eigenvalue weighted by Gasteiger charge is 2.37. The van der Waals surface area contributed by atoms with Crippen LogP contribution in [-0.2, 0) is 20.8 Å². The van der Waals surface area contributed by atoms with Crippen LogP contribution in [0.3, 0.4) is 0 Å². The van der Waals surface area contributed by atoms with Crippen molar-refractivity contribution in [2.24, 2.45) is 11.8 Å². The van der Waals surface area contributed by atoms with Gasteiger partial charge in [-0.05, 0) is 67.9 Å². The monoisotopic (exact) mass is 641 g/mol. The summed E-state index contributed by atoms with van der Waals surface area (Å²) in [4.78, 5) is 56.9. The Bertz CT molecular complexity index is 1390. The lowest BCUT2D eigenvalue weighted by molar-refractivity contribution is -0.140. The van der Waals surface area contributed by atoms with Crippen molar-refractivity contribution in [3.63, 3.8) is 0 Å². The van der Waals surface area contributed by atoms with E-state index >= 15 is 4.39 Å². The quantitative estimate of drug-likeness (QED) is 0.338. The molecular weight excluding hydrogens is 593 g/mol. The summed E-state index contributed by atoms with van der Waals surface area (Å²) in [6.45, 7) is 11.4. The number of hydrogen-bond acceptors (Lipinski definition) is 8. The van der Waals surface area contributed by atoms with Crippen molar-refractivity contribution < 1.29 is 28.2 Å². The van der Waals surface area contributed by atoms with Crippen molar-refractivity contribution >= 4 is 29.3 Å². The fourth-order valence-corrected chi connectivity index (χ4v) is 6.48. The number of carbonyl (C=O) groups excluding carboxylic acids is 4. The minimum absolute atomic E-state index is 0.0271. The largest absolute Gasteiger partial charge is 0.344 e. The van der Waals surface area contributed by atoms with Crippen LogP contribution in [0.15, 0.2) is 22.8 Å². The summed E-state index contributed by atoms with van der Waals surface area (Å²) in [6, 6.07) is 2.56. The number of benzene rings is 1. The van der Waals surface area contributed by atoms with Crippen molar-refractivity contribution in [2.45, 2.75) is 97.2 Å². The first-order valence-corrected chi connectivity index (χ1v) is 16.4. The number of anilines is 1. The van der Waals surface area contributed by atoms with Gasteiger partial charge in [-0.2, -0.15) is 0 Å². The van der Waals surface area contributed by atoms with Crippen molar-refractivity contribution in [3.05, 3.63) is 41.0 Å². The van der Waals surface area contributed by atoms with Gasteiger partial charge in [-0.3, -0.25) is 19.2 Å². The molecule has 0 unspecified atom stereocenters. The van der Waals surface area contributed by atoms with Gasteiger partial charge in [0.1, 0.15) is 23.6 Å². The summed E-state index contributed by atoms with van der Waals surface area (Å²) in [7, 11) is 2.00.